The van der Waals surface area contributed by atoms with Crippen molar-refractivity contribution in [2.75, 3.05) is 31.1 Å². The Balaban J connectivity index is 1.52. The molecule has 1 aliphatic heterocycles. The van der Waals surface area contributed by atoms with E-state index in [0.29, 0.717) is 31.2 Å². The quantitative estimate of drug-likeness (QED) is 0.845. The van der Waals surface area contributed by atoms with Crippen molar-refractivity contribution in [3.63, 3.8) is 0 Å². The second-order valence-corrected chi connectivity index (χ2v) is 6.19. The molecule has 8 nitrogen and oxygen atoms in total. The Labute approximate surface area is 148 Å². The van der Waals surface area contributed by atoms with Crippen LogP contribution >= 0.6 is 11.6 Å². The molecule has 1 N–H and O–H groups in total. The number of nitrogens with zero attached hydrogens (tertiary/aromatic N) is 4. The van der Waals surface area contributed by atoms with E-state index in [9.17, 15) is 14.4 Å². The van der Waals surface area contributed by atoms with Crippen LogP contribution in [0.4, 0.5) is 5.82 Å². The Morgan fingerprint density at radius 1 is 1.16 bits per heavy atom. The molecule has 0 spiro atoms. The molecule has 0 bridgehead atoms. The summed E-state index contributed by atoms with van der Waals surface area (Å²) in [6.45, 7) is 2.83. The molecular weight excluding hydrogens is 346 g/mol. The number of hydrogen-bond donors (Lipinski definition) is 1. The van der Waals surface area contributed by atoms with Gasteiger partial charge in [-0.2, -0.15) is 0 Å². The smallest absolute Gasteiger partial charge is 0.328 e. The number of nitrogens with one attached hydrogen (secondary N) is 1. The maximum atomic E-state index is 12.3. The summed E-state index contributed by atoms with van der Waals surface area (Å²) in [5, 5.41) is 0.593. The van der Waals surface area contributed by atoms with Crippen LogP contribution in [0.5, 0.6) is 0 Å². The number of halogens is 1. The molecule has 9 heteroatoms. The monoisotopic (exact) mass is 363 g/mol. The molecule has 25 heavy (non-hydrogen) atoms. The van der Waals surface area contributed by atoms with Gasteiger partial charge in [0.1, 0.15) is 5.82 Å². The van der Waals surface area contributed by atoms with Crippen molar-refractivity contribution in [2.45, 2.75) is 13.0 Å². The van der Waals surface area contributed by atoms with Gasteiger partial charge >= 0.3 is 5.69 Å². The molecule has 0 aliphatic carbocycles. The van der Waals surface area contributed by atoms with Gasteiger partial charge in [-0.1, -0.05) is 11.6 Å². The molecule has 0 atom stereocenters. The number of pyridine rings is 1. The molecule has 1 fully saturated rings. The highest BCUT2D eigenvalue weighted by Crippen LogP contribution is 2.16. The van der Waals surface area contributed by atoms with Crippen LogP contribution in [0.25, 0.3) is 0 Å². The SMILES string of the molecule is O=C(CCn1ccc(=O)[nH]c1=O)N1CCN(c2ccc(Cl)cn2)CC1. The number of rotatable bonds is 4. The van der Waals surface area contributed by atoms with Gasteiger partial charge in [-0.05, 0) is 12.1 Å². The second-order valence-electron chi connectivity index (χ2n) is 5.76. The van der Waals surface area contributed by atoms with Gasteiger partial charge in [-0.25, -0.2) is 9.78 Å². The van der Waals surface area contributed by atoms with Gasteiger partial charge in [-0.15, -0.1) is 0 Å². The molecular formula is C16H18ClN5O3. The summed E-state index contributed by atoms with van der Waals surface area (Å²) in [6.07, 6.45) is 3.22. The maximum Gasteiger partial charge on any atom is 0.328 e. The number of H-pyrrole nitrogens is 1. The number of aryl methyl sites for hydroxylation is 1. The zero-order valence-corrected chi connectivity index (χ0v) is 14.3. The number of anilines is 1. The van der Waals surface area contributed by atoms with Crippen molar-refractivity contribution < 1.29 is 4.79 Å². The first-order valence-corrected chi connectivity index (χ1v) is 8.35. The highest BCUT2D eigenvalue weighted by molar-refractivity contribution is 6.30. The second kappa shape index (κ2) is 7.52. The molecule has 132 valence electrons. The molecule has 2 aromatic heterocycles. The molecule has 1 saturated heterocycles. The first-order valence-electron chi connectivity index (χ1n) is 7.97. The van der Waals surface area contributed by atoms with Gasteiger partial charge < -0.3 is 14.4 Å². The number of piperazine rings is 1. The lowest BCUT2D eigenvalue weighted by Gasteiger charge is -2.35. The summed E-state index contributed by atoms with van der Waals surface area (Å²) in [5.74, 6) is 0.832. The average Bonchev–Trinajstić information content (AvgIpc) is 2.61. The molecule has 0 aromatic carbocycles. The van der Waals surface area contributed by atoms with Crippen molar-refractivity contribution in [1.82, 2.24) is 19.4 Å². The van der Waals surface area contributed by atoms with Crippen molar-refractivity contribution in [2.24, 2.45) is 0 Å². The van der Waals surface area contributed by atoms with E-state index in [1.54, 1.807) is 17.2 Å². The van der Waals surface area contributed by atoms with Gasteiger partial charge in [0.15, 0.2) is 0 Å². The van der Waals surface area contributed by atoms with E-state index in [2.05, 4.69) is 14.9 Å². The van der Waals surface area contributed by atoms with Crippen LogP contribution < -0.4 is 16.1 Å². The fourth-order valence-corrected chi connectivity index (χ4v) is 2.85. The lowest BCUT2D eigenvalue weighted by molar-refractivity contribution is -0.131. The van der Waals surface area contributed by atoms with Gasteiger partial charge in [0.25, 0.3) is 5.56 Å². The van der Waals surface area contributed by atoms with Crippen LogP contribution in [0, 0.1) is 0 Å². The molecule has 2 aromatic rings. The minimum absolute atomic E-state index is 0.0122. The summed E-state index contributed by atoms with van der Waals surface area (Å²) >= 11 is 5.84. The third-order valence-electron chi connectivity index (χ3n) is 4.13. The molecule has 3 heterocycles. The number of carbonyl (C=O) groups excluding carboxylic acids is 1. The van der Waals surface area contributed by atoms with E-state index in [-0.39, 0.29) is 18.9 Å². The summed E-state index contributed by atoms with van der Waals surface area (Å²) in [7, 11) is 0. The van der Waals surface area contributed by atoms with Crippen LogP contribution in [0.15, 0.2) is 40.2 Å². The van der Waals surface area contributed by atoms with E-state index in [1.165, 1.54) is 16.8 Å². The van der Waals surface area contributed by atoms with Crippen LogP contribution in [0.3, 0.4) is 0 Å². The number of hydrogen-bond acceptors (Lipinski definition) is 5. The summed E-state index contributed by atoms with van der Waals surface area (Å²) < 4.78 is 1.33. The Bertz CT molecular complexity index is 853. The molecule has 1 amide bonds. The zero-order valence-electron chi connectivity index (χ0n) is 13.5. The summed E-state index contributed by atoms with van der Waals surface area (Å²) in [5.41, 5.74) is -0.946. The highest BCUT2D eigenvalue weighted by atomic mass is 35.5. The molecule has 0 saturated carbocycles. The van der Waals surface area contributed by atoms with Gasteiger partial charge in [0.2, 0.25) is 5.91 Å². The van der Waals surface area contributed by atoms with E-state index in [1.807, 2.05) is 6.07 Å². The summed E-state index contributed by atoms with van der Waals surface area (Å²) in [6, 6.07) is 4.93. The Morgan fingerprint density at radius 2 is 1.92 bits per heavy atom. The fraction of sp³-hybridized carbons (Fsp3) is 0.375. The van der Waals surface area contributed by atoms with Crippen LogP contribution in [0.2, 0.25) is 5.02 Å². The van der Waals surface area contributed by atoms with Gasteiger partial charge in [0.05, 0.1) is 5.02 Å². The predicted molar refractivity (Wildman–Crippen MR) is 94.0 cm³/mol. The van der Waals surface area contributed by atoms with Crippen molar-refractivity contribution >= 4 is 23.3 Å². The third kappa shape index (κ3) is 4.27. The van der Waals surface area contributed by atoms with E-state index in [0.717, 1.165) is 5.82 Å². The fourth-order valence-electron chi connectivity index (χ4n) is 2.73. The Kier molecular flexibility index (Phi) is 5.18. The number of aromatic nitrogens is 3. The topological polar surface area (TPSA) is 91.3 Å². The van der Waals surface area contributed by atoms with Crippen molar-refractivity contribution in [3.8, 4) is 0 Å². The van der Waals surface area contributed by atoms with Crippen LogP contribution in [-0.2, 0) is 11.3 Å². The molecule has 1 aliphatic rings. The lowest BCUT2D eigenvalue weighted by Crippen LogP contribution is -2.49. The molecule has 3 rings (SSSR count). The van der Waals surface area contributed by atoms with E-state index in [4.69, 9.17) is 11.6 Å². The Hall–Kier alpha value is -2.61. The predicted octanol–water partition coefficient (Wildman–Crippen LogP) is 0.324. The van der Waals surface area contributed by atoms with Gasteiger partial charge in [0, 0.05) is 57.6 Å². The first kappa shape index (κ1) is 17.2. The minimum atomic E-state index is -0.501. The maximum absolute atomic E-state index is 12.3. The molecule has 0 unspecified atom stereocenters. The standard InChI is InChI=1S/C16H18ClN5O3/c17-12-1-2-13(18-11-12)20-7-9-21(10-8-20)15(24)4-6-22-5-3-14(23)19-16(22)25/h1-3,5,11H,4,6-10H2,(H,19,23,25). The Morgan fingerprint density at radius 3 is 2.56 bits per heavy atom. The number of amides is 1. The van der Waals surface area contributed by atoms with Crippen LogP contribution in [-0.4, -0.2) is 51.5 Å². The average molecular weight is 364 g/mol. The normalized spacial score (nSPS) is 14.6. The minimum Gasteiger partial charge on any atom is -0.353 e. The highest BCUT2D eigenvalue weighted by Gasteiger charge is 2.21. The molecule has 0 radical (unpaired) electrons. The largest absolute Gasteiger partial charge is 0.353 e. The van der Waals surface area contributed by atoms with E-state index < -0.39 is 11.2 Å². The van der Waals surface area contributed by atoms with E-state index >= 15 is 0 Å². The zero-order chi connectivity index (χ0) is 17.8. The van der Waals surface area contributed by atoms with Crippen LogP contribution in [0.1, 0.15) is 6.42 Å². The van der Waals surface area contributed by atoms with Gasteiger partial charge in [-0.3, -0.25) is 14.6 Å². The first-order chi connectivity index (χ1) is 12.0. The number of carbonyl (C=O) groups is 1. The van der Waals surface area contributed by atoms with Crippen molar-refractivity contribution in [3.05, 3.63) is 56.5 Å². The summed E-state index contributed by atoms with van der Waals surface area (Å²) in [4.78, 5) is 45.3. The third-order valence-corrected chi connectivity index (χ3v) is 4.36. The lowest BCUT2D eigenvalue weighted by atomic mass is 10.2. The number of aromatic amines is 1. The van der Waals surface area contributed by atoms with Crippen molar-refractivity contribution in [1.29, 1.82) is 0 Å².